The predicted molar refractivity (Wildman–Crippen MR) is 112 cm³/mol. The lowest BCUT2D eigenvalue weighted by molar-refractivity contribution is -0.141. The van der Waals surface area contributed by atoms with Crippen molar-refractivity contribution in [3.63, 3.8) is 0 Å². The van der Waals surface area contributed by atoms with Crippen LogP contribution < -0.4 is 0 Å². The number of alkyl halides is 3. The van der Waals surface area contributed by atoms with Crippen molar-refractivity contribution < 1.29 is 18.0 Å². The molecule has 4 aromatic heterocycles. The van der Waals surface area contributed by atoms with Crippen LogP contribution in [0.5, 0.6) is 0 Å². The average molecular weight is 458 g/mol. The van der Waals surface area contributed by atoms with E-state index in [4.69, 9.17) is 0 Å². The number of hydrogen-bond acceptors (Lipinski definition) is 5. The maximum Gasteiger partial charge on any atom is 0.435 e. The van der Waals surface area contributed by atoms with E-state index in [1.807, 2.05) is 13.0 Å². The zero-order valence-corrected chi connectivity index (χ0v) is 18.4. The number of amides is 1. The normalized spacial score (nSPS) is 16.5. The summed E-state index contributed by atoms with van der Waals surface area (Å²) in [5.74, 6) is -0.231. The van der Waals surface area contributed by atoms with Gasteiger partial charge in [-0.05, 0) is 31.5 Å². The summed E-state index contributed by atoms with van der Waals surface area (Å²) in [7, 11) is 4.97. The molecule has 1 aliphatic heterocycles. The minimum atomic E-state index is -4.53. The van der Waals surface area contributed by atoms with Gasteiger partial charge in [0, 0.05) is 33.3 Å². The van der Waals surface area contributed by atoms with E-state index in [1.54, 1.807) is 40.6 Å². The minimum Gasteiger partial charge on any atom is -0.329 e. The third-order valence-corrected chi connectivity index (χ3v) is 6.14. The summed E-state index contributed by atoms with van der Waals surface area (Å²) in [6, 6.07) is 4.14. The quantitative estimate of drug-likeness (QED) is 0.461. The Labute approximate surface area is 186 Å². The second-order valence-electron chi connectivity index (χ2n) is 8.17. The largest absolute Gasteiger partial charge is 0.435 e. The Balaban J connectivity index is 1.49. The van der Waals surface area contributed by atoms with Crippen molar-refractivity contribution in [3.05, 3.63) is 47.0 Å². The summed E-state index contributed by atoms with van der Waals surface area (Å²) in [5.41, 5.74) is 3.19. The smallest absolute Gasteiger partial charge is 0.329 e. The molecule has 0 saturated heterocycles. The Bertz CT molecular complexity index is 1400. The van der Waals surface area contributed by atoms with Crippen LogP contribution in [-0.2, 0) is 33.7 Å². The van der Waals surface area contributed by atoms with Crippen LogP contribution in [0.3, 0.4) is 0 Å². The van der Waals surface area contributed by atoms with E-state index >= 15 is 0 Å². The molecular formula is C21H21F3N8O. The number of aryl methyl sites for hydroxylation is 3. The molecule has 172 valence electrons. The molecule has 1 amide bonds. The summed E-state index contributed by atoms with van der Waals surface area (Å²) in [6.45, 7) is 2.25. The molecule has 9 nitrogen and oxygen atoms in total. The molecule has 1 atom stereocenters. The molecule has 0 unspecified atom stereocenters. The van der Waals surface area contributed by atoms with Crippen molar-refractivity contribution in [1.29, 1.82) is 0 Å². The number of aromatic nitrogens is 7. The van der Waals surface area contributed by atoms with Crippen LogP contribution in [0, 0.1) is 0 Å². The molecule has 5 rings (SSSR count). The van der Waals surface area contributed by atoms with Gasteiger partial charge < -0.3 is 4.90 Å². The third-order valence-electron chi connectivity index (χ3n) is 6.14. The zero-order chi connectivity index (χ0) is 23.7. The molecule has 5 heterocycles. The van der Waals surface area contributed by atoms with Gasteiger partial charge in [0.05, 0.1) is 34.8 Å². The van der Waals surface area contributed by atoms with Gasteiger partial charge in [-0.2, -0.15) is 28.5 Å². The Kier molecular flexibility index (Phi) is 4.59. The summed E-state index contributed by atoms with van der Waals surface area (Å²) in [6.07, 6.45) is -2.47. The molecule has 0 aromatic carbocycles. The first-order chi connectivity index (χ1) is 15.6. The fourth-order valence-electron chi connectivity index (χ4n) is 4.48. The van der Waals surface area contributed by atoms with Crippen molar-refractivity contribution in [2.75, 3.05) is 6.54 Å². The highest BCUT2D eigenvalue weighted by atomic mass is 19.4. The molecule has 0 bridgehead atoms. The molecule has 12 heteroatoms. The van der Waals surface area contributed by atoms with E-state index in [0.717, 1.165) is 17.1 Å². The van der Waals surface area contributed by atoms with Gasteiger partial charge in [-0.25, -0.2) is 4.98 Å². The van der Waals surface area contributed by atoms with Gasteiger partial charge in [0.2, 0.25) is 0 Å². The first-order valence-electron chi connectivity index (χ1n) is 10.3. The second kappa shape index (κ2) is 7.15. The fourth-order valence-corrected chi connectivity index (χ4v) is 4.48. The monoisotopic (exact) mass is 458 g/mol. The lowest BCUT2D eigenvalue weighted by Crippen LogP contribution is -2.39. The summed E-state index contributed by atoms with van der Waals surface area (Å²) < 4.78 is 44.0. The number of rotatable bonds is 2. The van der Waals surface area contributed by atoms with Gasteiger partial charge >= 0.3 is 6.18 Å². The highest BCUT2D eigenvalue weighted by molar-refractivity contribution is 5.95. The van der Waals surface area contributed by atoms with E-state index in [9.17, 15) is 18.0 Å². The highest BCUT2D eigenvalue weighted by Crippen LogP contribution is 2.38. The lowest BCUT2D eigenvalue weighted by Gasteiger charge is -2.32. The van der Waals surface area contributed by atoms with Crippen molar-refractivity contribution in [2.24, 2.45) is 21.1 Å². The molecule has 0 N–H and O–H groups in total. The average Bonchev–Trinajstić information content (AvgIpc) is 3.42. The number of fused-ring (bicyclic) bond motifs is 2. The molecule has 1 aliphatic rings. The van der Waals surface area contributed by atoms with Gasteiger partial charge in [0.1, 0.15) is 11.2 Å². The first-order valence-corrected chi connectivity index (χ1v) is 10.3. The third kappa shape index (κ3) is 3.28. The molecule has 0 radical (unpaired) electrons. The molecule has 0 saturated carbocycles. The van der Waals surface area contributed by atoms with Crippen LogP contribution in [0.1, 0.15) is 40.4 Å². The zero-order valence-electron chi connectivity index (χ0n) is 18.4. The topological polar surface area (TPSA) is 86.7 Å². The minimum absolute atomic E-state index is 0.231. The lowest BCUT2D eigenvalue weighted by atomic mass is 9.97. The van der Waals surface area contributed by atoms with Gasteiger partial charge in [0.15, 0.2) is 5.69 Å². The van der Waals surface area contributed by atoms with Gasteiger partial charge in [-0.3, -0.25) is 18.8 Å². The van der Waals surface area contributed by atoms with Crippen LogP contribution >= 0.6 is 0 Å². The SMILES string of the molecule is C[C@H]1c2nn(C)c(-c3cc(C(F)(F)F)nn3C)c2CCN1C(=O)c1ccc2c(cnn2C)n1. The van der Waals surface area contributed by atoms with Crippen molar-refractivity contribution in [1.82, 2.24) is 39.2 Å². The van der Waals surface area contributed by atoms with E-state index in [-0.39, 0.29) is 11.9 Å². The number of hydrogen-bond donors (Lipinski definition) is 0. The number of pyridine rings is 1. The molecule has 0 fully saturated rings. The number of carbonyl (C=O) groups is 1. The Hall–Kier alpha value is -3.70. The van der Waals surface area contributed by atoms with Crippen molar-refractivity contribution >= 4 is 16.9 Å². The van der Waals surface area contributed by atoms with Crippen molar-refractivity contribution in [2.45, 2.75) is 25.6 Å². The van der Waals surface area contributed by atoms with Crippen LogP contribution in [0.25, 0.3) is 22.4 Å². The van der Waals surface area contributed by atoms with Crippen molar-refractivity contribution in [3.8, 4) is 11.4 Å². The molecule has 4 aromatic rings. The molecular weight excluding hydrogens is 437 g/mol. The van der Waals surface area contributed by atoms with Crippen LogP contribution in [0.15, 0.2) is 24.4 Å². The van der Waals surface area contributed by atoms with Gasteiger partial charge in [0.25, 0.3) is 5.91 Å². The number of nitrogens with zero attached hydrogens (tertiary/aromatic N) is 8. The van der Waals surface area contributed by atoms with E-state index in [2.05, 4.69) is 20.3 Å². The fraction of sp³-hybridized carbons (Fsp3) is 0.381. The Morgan fingerprint density at radius 2 is 1.85 bits per heavy atom. The molecule has 33 heavy (non-hydrogen) atoms. The van der Waals surface area contributed by atoms with Crippen LogP contribution in [-0.4, -0.2) is 51.7 Å². The molecule has 0 spiro atoms. The van der Waals surface area contributed by atoms with E-state index in [1.165, 1.54) is 11.7 Å². The summed E-state index contributed by atoms with van der Waals surface area (Å²) >= 11 is 0. The predicted octanol–water partition coefficient (Wildman–Crippen LogP) is 2.88. The van der Waals surface area contributed by atoms with Gasteiger partial charge in [-0.15, -0.1) is 0 Å². The summed E-state index contributed by atoms with van der Waals surface area (Å²) in [4.78, 5) is 19.4. The highest BCUT2D eigenvalue weighted by Gasteiger charge is 2.37. The van der Waals surface area contributed by atoms with Crippen LogP contribution in [0.4, 0.5) is 13.2 Å². The Morgan fingerprint density at radius 3 is 2.55 bits per heavy atom. The standard InChI is InChI=1S/C21H21F3N8O/c1-11-18-12(19(31(4)28-18)16-9-17(21(22,23)24)27-30(16)3)7-8-32(11)20(33)13-5-6-15-14(26-13)10-25-29(15)2/h5-6,9-11H,7-8H2,1-4H3/t11-/m0/s1. The molecule has 0 aliphatic carbocycles. The van der Waals surface area contributed by atoms with Gasteiger partial charge in [-0.1, -0.05) is 0 Å². The van der Waals surface area contributed by atoms with Crippen LogP contribution in [0.2, 0.25) is 0 Å². The maximum absolute atomic E-state index is 13.3. The van der Waals surface area contributed by atoms with E-state index in [0.29, 0.717) is 41.3 Å². The number of halogens is 3. The first kappa shape index (κ1) is 21.2. The van der Waals surface area contributed by atoms with E-state index < -0.39 is 11.9 Å². The number of carbonyl (C=O) groups excluding carboxylic acids is 1. The summed E-state index contributed by atoms with van der Waals surface area (Å²) in [5, 5.41) is 12.4. The Morgan fingerprint density at radius 1 is 1.09 bits per heavy atom. The maximum atomic E-state index is 13.3. The second-order valence-corrected chi connectivity index (χ2v) is 8.17.